The van der Waals surface area contributed by atoms with Gasteiger partial charge in [0.2, 0.25) is 0 Å². The monoisotopic (exact) mass is 215 g/mol. The minimum atomic E-state index is -0.632. The Morgan fingerprint density at radius 3 is 2.80 bits per heavy atom. The third-order valence-electron chi connectivity index (χ3n) is 3.29. The molecule has 0 aromatic rings. The molecule has 0 amide bonds. The van der Waals surface area contributed by atoms with E-state index in [0.717, 1.165) is 38.7 Å². The predicted octanol–water partition coefficient (Wildman–Crippen LogP) is 1.83. The van der Waals surface area contributed by atoms with Crippen molar-refractivity contribution in [2.45, 2.75) is 63.6 Å². The molecule has 90 valence electrons. The summed E-state index contributed by atoms with van der Waals surface area (Å²) < 4.78 is 5.55. The molecule has 1 fully saturated rings. The maximum atomic E-state index is 10.1. The first-order valence-corrected chi connectivity index (χ1v) is 6.24. The molecule has 3 N–H and O–H groups in total. The molecule has 15 heavy (non-hydrogen) atoms. The van der Waals surface area contributed by atoms with Crippen molar-refractivity contribution in [3.63, 3.8) is 0 Å². The van der Waals surface area contributed by atoms with E-state index in [1.807, 2.05) is 0 Å². The third kappa shape index (κ3) is 4.49. The van der Waals surface area contributed by atoms with Crippen LogP contribution in [0.15, 0.2) is 0 Å². The van der Waals surface area contributed by atoms with Gasteiger partial charge in [0.25, 0.3) is 0 Å². The molecular weight excluding hydrogens is 190 g/mol. The number of hydrogen-bond donors (Lipinski definition) is 2. The van der Waals surface area contributed by atoms with Gasteiger partial charge in [-0.2, -0.15) is 0 Å². The van der Waals surface area contributed by atoms with Crippen molar-refractivity contribution in [1.29, 1.82) is 0 Å². The minimum Gasteiger partial charge on any atom is -0.389 e. The maximum absolute atomic E-state index is 10.1. The summed E-state index contributed by atoms with van der Waals surface area (Å²) in [5.41, 5.74) is 4.97. The molecule has 0 saturated carbocycles. The highest BCUT2D eigenvalue weighted by Crippen LogP contribution is 2.23. The average Bonchev–Trinajstić information content (AvgIpc) is 2.71. The number of nitrogens with two attached hydrogens (primary N) is 1. The summed E-state index contributed by atoms with van der Waals surface area (Å²) in [4.78, 5) is 0. The fourth-order valence-corrected chi connectivity index (χ4v) is 2.33. The van der Waals surface area contributed by atoms with Gasteiger partial charge in [-0.3, -0.25) is 0 Å². The van der Waals surface area contributed by atoms with Gasteiger partial charge < -0.3 is 15.6 Å². The van der Waals surface area contributed by atoms with E-state index in [0.29, 0.717) is 12.6 Å². The Bertz CT molecular complexity index is 169. The Labute approximate surface area is 93.0 Å². The van der Waals surface area contributed by atoms with Crippen LogP contribution >= 0.6 is 0 Å². The summed E-state index contributed by atoms with van der Waals surface area (Å²) in [5, 5.41) is 10.1. The molecule has 1 heterocycles. The lowest BCUT2D eigenvalue weighted by molar-refractivity contribution is 0.0228. The first-order valence-electron chi connectivity index (χ1n) is 6.24. The van der Waals surface area contributed by atoms with Crippen LogP contribution < -0.4 is 5.73 Å². The first-order chi connectivity index (χ1) is 7.20. The molecule has 1 aliphatic heterocycles. The lowest BCUT2D eigenvalue weighted by Gasteiger charge is -2.26. The van der Waals surface area contributed by atoms with Crippen LogP contribution in [0.3, 0.4) is 0 Å². The van der Waals surface area contributed by atoms with E-state index in [4.69, 9.17) is 10.5 Å². The summed E-state index contributed by atoms with van der Waals surface area (Å²) in [5.74, 6) is 0. The van der Waals surface area contributed by atoms with Gasteiger partial charge in [-0.15, -0.1) is 0 Å². The molecule has 1 saturated heterocycles. The van der Waals surface area contributed by atoms with Crippen molar-refractivity contribution in [3.8, 4) is 0 Å². The van der Waals surface area contributed by atoms with E-state index < -0.39 is 5.60 Å². The highest BCUT2D eigenvalue weighted by molar-refractivity contribution is 4.79. The summed E-state index contributed by atoms with van der Waals surface area (Å²) in [6.45, 7) is 3.38. The predicted molar refractivity (Wildman–Crippen MR) is 61.7 cm³/mol. The highest BCUT2D eigenvalue weighted by atomic mass is 16.5. The molecular formula is C12H25NO2. The molecule has 1 aliphatic rings. The van der Waals surface area contributed by atoms with Crippen molar-refractivity contribution in [1.82, 2.24) is 0 Å². The second-order valence-electron chi connectivity index (χ2n) is 4.71. The van der Waals surface area contributed by atoms with Crippen molar-refractivity contribution >= 4 is 0 Å². The van der Waals surface area contributed by atoms with Crippen LogP contribution in [0.1, 0.15) is 51.9 Å². The largest absolute Gasteiger partial charge is 0.389 e. The third-order valence-corrected chi connectivity index (χ3v) is 3.29. The quantitative estimate of drug-likeness (QED) is 0.681. The zero-order chi connectivity index (χ0) is 11.1. The molecule has 0 aromatic heterocycles. The van der Waals surface area contributed by atoms with E-state index in [2.05, 4.69) is 6.92 Å². The number of hydrogen-bond acceptors (Lipinski definition) is 3. The molecule has 3 nitrogen and oxygen atoms in total. The lowest BCUT2D eigenvalue weighted by Crippen LogP contribution is -2.37. The molecule has 0 bridgehead atoms. The molecule has 0 spiro atoms. The smallest absolute Gasteiger partial charge is 0.0769 e. The molecule has 2 unspecified atom stereocenters. The van der Waals surface area contributed by atoms with Crippen LogP contribution in [0.4, 0.5) is 0 Å². The van der Waals surface area contributed by atoms with Crippen molar-refractivity contribution in [3.05, 3.63) is 0 Å². The summed E-state index contributed by atoms with van der Waals surface area (Å²) >= 11 is 0. The summed E-state index contributed by atoms with van der Waals surface area (Å²) in [6, 6.07) is 0. The normalized spacial score (nSPS) is 25.4. The maximum Gasteiger partial charge on any atom is 0.0769 e. The van der Waals surface area contributed by atoms with Gasteiger partial charge in [0.15, 0.2) is 0 Å². The topological polar surface area (TPSA) is 55.5 Å². The van der Waals surface area contributed by atoms with E-state index >= 15 is 0 Å². The zero-order valence-electron chi connectivity index (χ0n) is 9.87. The van der Waals surface area contributed by atoms with Gasteiger partial charge in [0, 0.05) is 13.2 Å². The fourth-order valence-electron chi connectivity index (χ4n) is 2.33. The SMILES string of the molecule is CCCC(O)(CN)CCCC1CCCO1. The highest BCUT2D eigenvalue weighted by Gasteiger charge is 2.24. The van der Waals surface area contributed by atoms with E-state index in [1.165, 1.54) is 12.8 Å². The van der Waals surface area contributed by atoms with Crippen LogP contribution in [0.25, 0.3) is 0 Å². The Balaban J connectivity index is 2.15. The van der Waals surface area contributed by atoms with Crippen LogP contribution in [0.2, 0.25) is 0 Å². The molecule has 2 atom stereocenters. The van der Waals surface area contributed by atoms with Crippen LogP contribution in [0, 0.1) is 0 Å². The van der Waals surface area contributed by atoms with Crippen molar-refractivity contribution in [2.75, 3.05) is 13.2 Å². The van der Waals surface area contributed by atoms with E-state index in [9.17, 15) is 5.11 Å². The Morgan fingerprint density at radius 1 is 1.47 bits per heavy atom. The second-order valence-corrected chi connectivity index (χ2v) is 4.71. The Hall–Kier alpha value is -0.120. The van der Waals surface area contributed by atoms with Gasteiger partial charge in [-0.05, 0) is 38.5 Å². The Kier molecular flexibility index (Phi) is 5.58. The Morgan fingerprint density at radius 2 is 2.27 bits per heavy atom. The summed E-state index contributed by atoms with van der Waals surface area (Å²) in [6.07, 6.45) is 7.55. The van der Waals surface area contributed by atoms with Gasteiger partial charge >= 0.3 is 0 Å². The summed E-state index contributed by atoms with van der Waals surface area (Å²) in [7, 11) is 0. The van der Waals surface area contributed by atoms with Crippen LogP contribution in [0.5, 0.6) is 0 Å². The van der Waals surface area contributed by atoms with Crippen molar-refractivity contribution in [2.24, 2.45) is 5.73 Å². The molecule has 3 heteroatoms. The average molecular weight is 215 g/mol. The second kappa shape index (κ2) is 6.46. The first kappa shape index (κ1) is 12.9. The van der Waals surface area contributed by atoms with Crippen molar-refractivity contribution < 1.29 is 9.84 Å². The van der Waals surface area contributed by atoms with E-state index in [-0.39, 0.29) is 0 Å². The lowest BCUT2D eigenvalue weighted by atomic mass is 9.91. The standard InChI is InChI=1S/C12H25NO2/c1-2-7-12(14,10-13)8-3-5-11-6-4-9-15-11/h11,14H,2-10,13H2,1H3. The fraction of sp³-hybridized carbons (Fsp3) is 1.00. The van der Waals surface area contributed by atoms with Gasteiger partial charge in [-0.1, -0.05) is 13.3 Å². The molecule has 0 radical (unpaired) electrons. The minimum absolute atomic E-state index is 0.381. The number of rotatable bonds is 7. The number of aliphatic hydroxyl groups is 1. The zero-order valence-corrected chi connectivity index (χ0v) is 9.87. The molecule has 0 aliphatic carbocycles. The van der Waals surface area contributed by atoms with Crippen LogP contribution in [-0.4, -0.2) is 30.0 Å². The van der Waals surface area contributed by atoms with Gasteiger partial charge in [-0.25, -0.2) is 0 Å². The molecule has 1 rings (SSSR count). The number of ether oxygens (including phenoxy) is 1. The van der Waals surface area contributed by atoms with E-state index in [1.54, 1.807) is 0 Å². The van der Waals surface area contributed by atoms with Gasteiger partial charge in [0.05, 0.1) is 11.7 Å². The van der Waals surface area contributed by atoms with Crippen LogP contribution in [-0.2, 0) is 4.74 Å². The van der Waals surface area contributed by atoms with Gasteiger partial charge in [0.1, 0.15) is 0 Å². The molecule has 0 aromatic carbocycles.